The molecule has 1 nitrogen and oxygen atoms in total. The predicted molar refractivity (Wildman–Crippen MR) is 52.9 cm³/mol. The van der Waals surface area contributed by atoms with Crippen LogP contribution in [-0.4, -0.2) is 29.1 Å². The maximum absolute atomic E-state index is 13.0. The lowest BCUT2D eigenvalue weighted by atomic mass is 10.0. The molecule has 0 atom stereocenters. The Kier molecular flexibility index (Phi) is 6.36. The first-order valence-electron chi connectivity index (χ1n) is 4.75. The van der Waals surface area contributed by atoms with Crippen molar-refractivity contribution in [2.24, 2.45) is 0 Å². The molecule has 0 spiro atoms. The van der Waals surface area contributed by atoms with Gasteiger partial charge < -0.3 is 0 Å². The van der Waals surface area contributed by atoms with Crippen LogP contribution in [0.5, 0.6) is 0 Å². The quantitative estimate of drug-likeness (QED) is 0.657. The van der Waals surface area contributed by atoms with E-state index in [9.17, 15) is 31.1 Å². The molecule has 0 aliphatic heterocycles. The smallest absolute Gasteiger partial charge is 0.288 e. The maximum Gasteiger partial charge on any atom is 0.311 e. The number of carbonyl (C=O) groups excluding carboxylic acids is 1. The van der Waals surface area contributed by atoms with E-state index in [1.165, 1.54) is 0 Å². The zero-order chi connectivity index (χ0) is 13.7. The van der Waals surface area contributed by atoms with E-state index in [-0.39, 0.29) is 0 Å². The molecule has 0 bridgehead atoms. The summed E-state index contributed by atoms with van der Waals surface area (Å²) in [5.41, 5.74) is 0. The van der Waals surface area contributed by atoms with Crippen LogP contribution in [0.2, 0.25) is 0 Å². The predicted octanol–water partition coefficient (Wildman–Crippen LogP) is 3.97. The number of carbonyl (C=O) groups is 1. The first-order chi connectivity index (χ1) is 7.58. The van der Waals surface area contributed by atoms with Crippen molar-refractivity contribution >= 4 is 16.9 Å². The Morgan fingerprint density at radius 1 is 1.12 bits per heavy atom. The summed E-state index contributed by atoms with van der Waals surface area (Å²) >= 11 is 0.498. The fourth-order valence-electron chi connectivity index (χ4n) is 0.979. The highest BCUT2D eigenvalue weighted by Crippen LogP contribution is 2.41. The molecule has 0 unspecified atom stereocenters. The third-order valence-electron chi connectivity index (χ3n) is 1.93. The van der Waals surface area contributed by atoms with E-state index >= 15 is 0 Å². The zero-order valence-corrected chi connectivity index (χ0v) is 9.81. The summed E-state index contributed by atoms with van der Waals surface area (Å²) in [7, 11) is 0. The van der Waals surface area contributed by atoms with Crippen molar-refractivity contribution in [3.63, 3.8) is 0 Å². The third-order valence-corrected chi connectivity index (χ3v) is 2.75. The van der Waals surface area contributed by atoms with Crippen LogP contribution in [0.4, 0.5) is 26.3 Å². The lowest BCUT2D eigenvalue weighted by Crippen LogP contribution is -2.41. The number of halogens is 6. The molecule has 0 saturated carbocycles. The molecule has 0 heterocycles. The first kappa shape index (κ1) is 16.6. The standard InChI is InChI=1S/C9H12F6OS/c1-6(16)17-5-4-9(14,15)8(12,13)3-2-7(10)11/h7H,2-5H2,1H3. The molecule has 0 aromatic rings. The van der Waals surface area contributed by atoms with E-state index in [0.29, 0.717) is 11.8 Å². The van der Waals surface area contributed by atoms with E-state index in [2.05, 4.69) is 0 Å². The van der Waals surface area contributed by atoms with Crippen molar-refractivity contribution in [2.75, 3.05) is 5.75 Å². The second-order valence-electron chi connectivity index (χ2n) is 3.43. The van der Waals surface area contributed by atoms with Gasteiger partial charge in [-0.1, -0.05) is 11.8 Å². The summed E-state index contributed by atoms with van der Waals surface area (Å²) in [6, 6.07) is 0. The second-order valence-corrected chi connectivity index (χ2v) is 4.70. The van der Waals surface area contributed by atoms with E-state index in [1.54, 1.807) is 0 Å². The molecule has 0 aromatic carbocycles. The molecular weight excluding hydrogens is 270 g/mol. The minimum absolute atomic E-state index is 0.461. The largest absolute Gasteiger partial charge is 0.311 e. The molecule has 0 aliphatic carbocycles. The van der Waals surface area contributed by atoms with Crippen LogP contribution in [0.3, 0.4) is 0 Å². The topological polar surface area (TPSA) is 17.1 Å². The molecule has 0 rings (SSSR count). The Balaban J connectivity index is 4.28. The average Bonchev–Trinajstić information content (AvgIpc) is 2.13. The minimum Gasteiger partial charge on any atom is -0.288 e. The Morgan fingerprint density at radius 2 is 1.59 bits per heavy atom. The van der Waals surface area contributed by atoms with Gasteiger partial charge in [-0.2, -0.15) is 17.6 Å². The molecule has 17 heavy (non-hydrogen) atoms. The summed E-state index contributed by atoms with van der Waals surface area (Å²) in [5.74, 6) is -9.31. The molecule has 0 fully saturated rings. The summed E-state index contributed by atoms with van der Waals surface area (Å²) < 4.78 is 75.2. The normalized spacial score (nSPS) is 13.2. The molecule has 0 radical (unpaired) electrons. The van der Waals surface area contributed by atoms with Gasteiger partial charge in [0, 0.05) is 31.9 Å². The van der Waals surface area contributed by atoms with Crippen molar-refractivity contribution < 1.29 is 31.1 Å². The van der Waals surface area contributed by atoms with Crippen LogP contribution >= 0.6 is 11.8 Å². The molecule has 0 N–H and O–H groups in total. The highest BCUT2D eigenvalue weighted by molar-refractivity contribution is 8.13. The number of alkyl halides is 6. The van der Waals surface area contributed by atoms with Gasteiger partial charge in [0.25, 0.3) is 0 Å². The van der Waals surface area contributed by atoms with Crippen LogP contribution in [0.15, 0.2) is 0 Å². The molecular formula is C9H12F6OS. The Morgan fingerprint density at radius 3 is 2.00 bits per heavy atom. The second kappa shape index (κ2) is 6.51. The molecule has 102 valence electrons. The molecule has 0 saturated heterocycles. The Labute approximate surface area is 98.9 Å². The summed E-state index contributed by atoms with van der Waals surface area (Å²) in [6.45, 7) is 1.12. The SMILES string of the molecule is CC(=O)SCCC(F)(F)C(F)(F)CCC(F)F. The van der Waals surface area contributed by atoms with Crippen LogP contribution < -0.4 is 0 Å². The summed E-state index contributed by atoms with van der Waals surface area (Å²) in [5, 5.41) is -0.461. The highest BCUT2D eigenvalue weighted by Gasteiger charge is 2.55. The molecule has 0 aromatic heterocycles. The monoisotopic (exact) mass is 282 g/mol. The van der Waals surface area contributed by atoms with Crippen molar-refractivity contribution in [3.8, 4) is 0 Å². The van der Waals surface area contributed by atoms with E-state index < -0.39 is 48.4 Å². The Bertz CT molecular complexity index is 256. The van der Waals surface area contributed by atoms with Gasteiger partial charge in [0.05, 0.1) is 0 Å². The van der Waals surface area contributed by atoms with E-state index in [4.69, 9.17) is 0 Å². The van der Waals surface area contributed by atoms with Gasteiger partial charge >= 0.3 is 11.8 Å². The fraction of sp³-hybridized carbons (Fsp3) is 0.889. The van der Waals surface area contributed by atoms with Crippen LogP contribution in [0.1, 0.15) is 26.2 Å². The van der Waals surface area contributed by atoms with E-state index in [0.717, 1.165) is 6.92 Å². The number of thioether (sulfide) groups is 1. The van der Waals surface area contributed by atoms with Crippen molar-refractivity contribution in [1.29, 1.82) is 0 Å². The maximum atomic E-state index is 13.0. The molecule has 0 aliphatic rings. The van der Waals surface area contributed by atoms with Crippen LogP contribution in [-0.2, 0) is 4.79 Å². The fourth-order valence-corrected chi connectivity index (χ4v) is 1.62. The van der Waals surface area contributed by atoms with Crippen molar-refractivity contribution in [3.05, 3.63) is 0 Å². The van der Waals surface area contributed by atoms with Gasteiger partial charge in [-0.15, -0.1) is 0 Å². The molecule has 8 heteroatoms. The van der Waals surface area contributed by atoms with Gasteiger partial charge in [-0.3, -0.25) is 4.79 Å². The highest BCUT2D eigenvalue weighted by atomic mass is 32.2. The lowest BCUT2D eigenvalue weighted by molar-refractivity contribution is -0.215. The average molecular weight is 282 g/mol. The molecule has 0 amide bonds. The van der Waals surface area contributed by atoms with Gasteiger partial charge in [-0.05, 0) is 0 Å². The zero-order valence-electron chi connectivity index (χ0n) is 8.99. The van der Waals surface area contributed by atoms with Gasteiger partial charge in [-0.25, -0.2) is 8.78 Å². The number of hydrogen-bond acceptors (Lipinski definition) is 2. The van der Waals surface area contributed by atoms with Crippen molar-refractivity contribution in [2.45, 2.75) is 44.5 Å². The number of hydrogen-bond donors (Lipinski definition) is 0. The van der Waals surface area contributed by atoms with Crippen LogP contribution in [0, 0.1) is 0 Å². The van der Waals surface area contributed by atoms with Crippen molar-refractivity contribution in [1.82, 2.24) is 0 Å². The van der Waals surface area contributed by atoms with Gasteiger partial charge in [0.2, 0.25) is 6.43 Å². The summed E-state index contributed by atoms with van der Waals surface area (Å²) in [4.78, 5) is 10.4. The third kappa shape index (κ3) is 6.18. The van der Waals surface area contributed by atoms with Crippen LogP contribution in [0.25, 0.3) is 0 Å². The van der Waals surface area contributed by atoms with Gasteiger partial charge in [0.1, 0.15) is 0 Å². The lowest BCUT2D eigenvalue weighted by Gasteiger charge is -2.26. The van der Waals surface area contributed by atoms with Gasteiger partial charge in [0.15, 0.2) is 5.12 Å². The minimum atomic E-state index is -4.47. The number of rotatable bonds is 7. The summed E-state index contributed by atoms with van der Waals surface area (Å²) in [6.07, 6.45) is -7.10. The first-order valence-corrected chi connectivity index (χ1v) is 5.74. The van der Waals surface area contributed by atoms with E-state index in [1.807, 2.05) is 0 Å². The Hall–Kier alpha value is -0.400.